The van der Waals surface area contributed by atoms with Crippen LogP contribution in [0.5, 0.6) is 0 Å². The second-order valence-electron chi connectivity index (χ2n) is 4.26. The molecule has 1 aromatic rings. The van der Waals surface area contributed by atoms with Crippen molar-refractivity contribution in [2.45, 2.75) is 38.9 Å². The molecule has 18 heavy (non-hydrogen) atoms. The molecule has 0 spiro atoms. The number of anilines is 1. The van der Waals surface area contributed by atoms with Gasteiger partial charge in [-0.1, -0.05) is 19.1 Å². The molecule has 0 amide bonds. The van der Waals surface area contributed by atoms with Gasteiger partial charge in [0, 0.05) is 13.2 Å². The van der Waals surface area contributed by atoms with Gasteiger partial charge in [0.25, 0.3) is 0 Å². The van der Waals surface area contributed by atoms with Crippen molar-refractivity contribution < 1.29 is 17.9 Å². The molecule has 0 saturated heterocycles. The van der Waals surface area contributed by atoms with Crippen LogP contribution >= 0.6 is 0 Å². The van der Waals surface area contributed by atoms with Crippen molar-refractivity contribution in [1.82, 2.24) is 15.0 Å². The molecule has 8 heteroatoms. The van der Waals surface area contributed by atoms with Gasteiger partial charge in [0.15, 0.2) is 5.82 Å². The van der Waals surface area contributed by atoms with Crippen LogP contribution < -0.4 is 5.73 Å². The van der Waals surface area contributed by atoms with Crippen LogP contribution in [0.3, 0.4) is 0 Å². The summed E-state index contributed by atoms with van der Waals surface area (Å²) in [5.74, 6) is 0.525. The number of hydrogen-bond donors (Lipinski definition) is 1. The minimum Gasteiger partial charge on any atom is -0.381 e. The minimum absolute atomic E-state index is 0.0246. The van der Waals surface area contributed by atoms with Gasteiger partial charge in [-0.25, -0.2) is 4.68 Å². The zero-order valence-corrected chi connectivity index (χ0v) is 10.4. The highest BCUT2D eigenvalue weighted by Crippen LogP contribution is 2.19. The fourth-order valence-corrected chi connectivity index (χ4v) is 1.60. The van der Waals surface area contributed by atoms with E-state index in [2.05, 4.69) is 15.0 Å². The Hall–Kier alpha value is -1.31. The van der Waals surface area contributed by atoms with Gasteiger partial charge in [0.2, 0.25) is 0 Å². The van der Waals surface area contributed by atoms with E-state index in [0.29, 0.717) is 18.8 Å². The zero-order valence-electron chi connectivity index (χ0n) is 10.4. The van der Waals surface area contributed by atoms with Gasteiger partial charge in [0.05, 0.1) is 5.69 Å². The molecule has 5 nitrogen and oxygen atoms in total. The molecule has 0 aliphatic heterocycles. The first kappa shape index (κ1) is 14.7. The summed E-state index contributed by atoms with van der Waals surface area (Å²) in [4.78, 5) is 0. The first-order valence-electron chi connectivity index (χ1n) is 5.64. The third kappa shape index (κ3) is 4.52. The summed E-state index contributed by atoms with van der Waals surface area (Å²) < 4.78 is 41.5. The Morgan fingerprint density at radius 3 is 2.61 bits per heavy atom. The Bertz CT molecular complexity index is 376. The fraction of sp³-hybridized carbons (Fsp3) is 0.800. The summed E-state index contributed by atoms with van der Waals surface area (Å²) in [5, 5.41) is 7.59. The van der Waals surface area contributed by atoms with Crippen LogP contribution in [0.4, 0.5) is 19.0 Å². The number of halogens is 3. The molecule has 1 aromatic heterocycles. The molecule has 0 aliphatic rings. The summed E-state index contributed by atoms with van der Waals surface area (Å²) in [6.07, 6.45) is -3.85. The van der Waals surface area contributed by atoms with Crippen molar-refractivity contribution in [3.63, 3.8) is 0 Å². The summed E-state index contributed by atoms with van der Waals surface area (Å²) >= 11 is 0. The lowest BCUT2D eigenvalue weighted by Crippen LogP contribution is -2.18. The maximum atomic E-state index is 11.8. The number of hydrogen-bond acceptors (Lipinski definition) is 4. The smallest absolute Gasteiger partial charge is 0.381 e. The van der Waals surface area contributed by atoms with Crippen molar-refractivity contribution in [1.29, 1.82) is 0 Å². The quantitative estimate of drug-likeness (QED) is 0.799. The van der Waals surface area contributed by atoms with Crippen LogP contribution in [-0.2, 0) is 11.3 Å². The largest absolute Gasteiger partial charge is 0.411 e. The van der Waals surface area contributed by atoms with Gasteiger partial charge >= 0.3 is 6.18 Å². The average Bonchev–Trinajstić information content (AvgIpc) is 2.57. The predicted molar refractivity (Wildman–Crippen MR) is 60.0 cm³/mol. The molecule has 104 valence electrons. The highest BCUT2D eigenvalue weighted by atomic mass is 19.4. The van der Waals surface area contributed by atoms with Crippen molar-refractivity contribution in [3.05, 3.63) is 5.69 Å². The molecule has 0 aromatic carbocycles. The summed E-state index contributed by atoms with van der Waals surface area (Å²) in [6, 6.07) is 0. The third-order valence-corrected chi connectivity index (χ3v) is 2.27. The predicted octanol–water partition coefficient (Wildman–Crippen LogP) is 1.95. The van der Waals surface area contributed by atoms with Crippen LogP contribution in [0.25, 0.3) is 0 Å². The molecule has 0 aliphatic carbocycles. The lowest BCUT2D eigenvalue weighted by molar-refractivity contribution is -0.174. The van der Waals surface area contributed by atoms with Gasteiger partial charge in [-0.15, -0.1) is 5.10 Å². The molecular weight excluding hydrogens is 249 g/mol. The van der Waals surface area contributed by atoms with E-state index in [9.17, 15) is 13.2 Å². The fourth-order valence-electron chi connectivity index (χ4n) is 1.60. The molecule has 2 N–H and O–H groups in total. The monoisotopic (exact) mass is 266 g/mol. The van der Waals surface area contributed by atoms with Gasteiger partial charge in [-0.05, 0) is 12.3 Å². The molecule has 1 heterocycles. The Balaban J connectivity index is 2.36. The molecule has 0 bridgehead atoms. The first-order valence-corrected chi connectivity index (χ1v) is 5.64. The molecule has 0 radical (unpaired) electrons. The van der Waals surface area contributed by atoms with Gasteiger partial charge in [-0.2, -0.15) is 13.2 Å². The minimum atomic E-state index is -4.28. The van der Waals surface area contributed by atoms with Crippen LogP contribution in [0.1, 0.15) is 31.9 Å². The third-order valence-electron chi connectivity index (χ3n) is 2.27. The Morgan fingerprint density at radius 2 is 2.06 bits per heavy atom. The van der Waals surface area contributed by atoms with E-state index in [4.69, 9.17) is 5.73 Å². The van der Waals surface area contributed by atoms with Crippen LogP contribution in [0.15, 0.2) is 0 Å². The number of nitrogens with zero attached hydrogens (tertiary/aromatic N) is 3. The number of nitrogen functional groups attached to an aromatic ring is 1. The molecular formula is C10H17F3N4O. The van der Waals surface area contributed by atoms with E-state index < -0.39 is 12.8 Å². The van der Waals surface area contributed by atoms with Crippen LogP contribution in [0.2, 0.25) is 0 Å². The summed E-state index contributed by atoms with van der Waals surface area (Å²) in [5.41, 5.74) is 6.45. The number of ether oxygens (including phenoxy) is 1. The standard InChI is InChI=1S/C10H17F3N4O/c1-7(2)8-9(14)15-16-17(8)4-3-5-18-6-10(11,12)13/h7H,3-6,14H2,1-2H3. The highest BCUT2D eigenvalue weighted by molar-refractivity contribution is 5.34. The summed E-state index contributed by atoms with van der Waals surface area (Å²) in [6.45, 7) is 3.15. The second kappa shape index (κ2) is 6.03. The van der Waals surface area contributed by atoms with E-state index in [0.717, 1.165) is 5.69 Å². The van der Waals surface area contributed by atoms with Gasteiger partial charge in [0.1, 0.15) is 6.61 Å². The van der Waals surface area contributed by atoms with Crippen molar-refractivity contribution in [2.24, 2.45) is 0 Å². The number of aryl methyl sites for hydroxylation is 1. The van der Waals surface area contributed by atoms with E-state index in [1.165, 1.54) is 0 Å². The topological polar surface area (TPSA) is 66.0 Å². The maximum Gasteiger partial charge on any atom is 0.411 e. The molecule has 0 fully saturated rings. The first-order chi connectivity index (χ1) is 8.31. The summed E-state index contributed by atoms with van der Waals surface area (Å²) in [7, 11) is 0. The maximum absolute atomic E-state index is 11.8. The molecule has 0 atom stereocenters. The normalized spacial score (nSPS) is 12.3. The van der Waals surface area contributed by atoms with E-state index in [1.807, 2.05) is 13.8 Å². The van der Waals surface area contributed by atoms with Crippen molar-refractivity contribution >= 4 is 5.82 Å². The zero-order chi connectivity index (χ0) is 13.8. The lowest BCUT2D eigenvalue weighted by atomic mass is 10.1. The molecule has 0 saturated carbocycles. The number of aromatic nitrogens is 3. The van der Waals surface area contributed by atoms with Crippen molar-refractivity contribution in [3.8, 4) is 0 Å². The van der Waals surface area contributed by atoms with Crippen molar-refractivity contribution in [2.75, 3.05) is 18.9 Å². The van der Waals surface area contributed by atoms with Gasteiger partial charge < -0.3 is 10.5 Å². The number of alkyl halides is 3. The van der Waals surface area contributed by atoms with E-state index in [-0.39, 0.29) is 12.5 Å². The molecule has 1 rings (SSSR count). The van der Waals surface area contributed by atoms with Gasteiger partial charge in [-0.3, -0.25) is 0 Å². The lowest BCUT2D eigenvalue weighted by Gasteiger charge is -2.10. The van der Waals surface area contributed by atoms with Crippen LogP contribution in [0, 0.1) is 0 Å². The van der Waals surface area contributed by atoms with Crippen LogP contribution in [-0.4, -0.2) is 34.4 Å². The Kier molecular flexibility index (Phi) is 4.94. The average molecular weight is 266 g/mol. The number of nitrogens with two attached hydrogens (primary N) is 1. The second-order valence-corrected chi connectivity index (χ2v) is 4.26. The Morgan fingerprint density at radius 1 is 1.39 bits per heavy atom. The van der Waals surface area contributed by atoms with E-state index >= 15 is 0 Å². The molecule has 0 unspecified atom stereocenters. The van der Waals surface area contributed by atoms with E-state index in [1.54, 1.807) is 4.68 Å². The Labute approximate surface area is 103 Å². The number of rotatable bonds is 6. The highest BCUT2D eigenvalue weighted by Gasteiger charge is 2.27. The SMILES string of the molecule is CC(C)c1c(N)nnn1CCCOCC(F)(F)F.